The van der Waals surface area contributed by atoms with Crippen molar-refractivity contribution in [3.8, 4) is 0 Å². The minimum Gasteiger partial charge on any atom is -0.446 e. The third-order valence-electron chi connectivity index (χ3n) is 6.18. The summed E-state index contributed by atoms with van der Waals surface area (Å²) >= 11 is 0. The molecule has 36 heavy (non-hydrogen) atoms. The maximum Gasteiger partial charge on any atom is 0.408 e. The molecule has 0 bridgehead atoms. The Bertz CT molecular complexity index is 1170. The zero-order valence-electron chi connectivity index (χ0n) is 19.5. The Morgan fingerprint density at radius 1 is 0.889 bits per heavy atom. The fraction of sp³-hybridized carbons (Fsp3) is 0.269. The van der Waals surface area contributed by atoms with E-state index < -0.39 is 27.3 Å². The van der Waals surface area contributed by atoms with Crippen molar-refractivity contribution in [1.29, 1.82) is 0 Å². The van der Waals surface area contributed by atoms with Gasteiger partial charge in [0.05, 0.1) is 15.9 Å². The van der Waals surface area contributed by atoms with Crippen molar-refractivity contribution in [3.63, 3.8) is 0 Å². The van der Waals surface area contributed by atoms with Gasteiger partial charge in [-0.05, 0) is 29.5 Å². The van der Waals surface area contributed by atoms with Crippen LogP contribution >= 0.6 is 0 Å². The number of alkyl carbamates (subject to hydrolysis) is 1. The lowest BCUT2D eigenvalue weighted by molar-refractivity contribution is -0.422. The highest BCUT2D eigenvalue weighted by Gasteiger charge is 2.27. The first kappa shape index (κ1) is 24.8. The molecule has 0 spiro atoms. The number of nitrogens with zero attached hydrogens (tertiary/aromatic N) is 3. The van der Waals surface area contributed by atoms with E-state index in [-0.39, 0.29) is 12.1 Å². The molecule has 1 aliphatic heterocycles. The van der Waals surface area contributed by atoms with Crippen LogP contribution in [0.5, 0.6) is 0 Å². The number of hydrogen-bond donors (Lipinski definition) is 1. The van der Waals surface area contributed by atoms with Crippen LogP contribution in [0.3, 0.4) is 0 Å². The Morgan fingerprint density at radius 3 is 1.97 bits per heavy atom. The maximum atomic E-state index is 12.8. The van der Waals surface area contributed by atoms with Gasteiger partial charge in [-0.1, -0.05) is 66.7 Å². The number of nitro groups is 2. The maximum absolute atomic E-state index is 12.8. The summed E-state index contributed by atoms with van der Waals surface area (Å²) in [5, 5.41) is 25.2. The van der Waals surface area contributed by atoms with Gasteiger partial charge in [-0.2, -0.15) is 0 Å². The summed E-state index contributed by atoms with van der Waals surface area (Å²) in [5.41, 5.74) is 1.49. The number of benzene rings is 3. The molecule has 1 amide bonds. The average molecular weight is 491 g/mol. The van der Waals surface area contributed by atoms with E-state index in [0.29, 0.717) is 38.0 Å². The van der Waals surface area contributed by atoms with E-state index in [1.165, 1.54) is 18.2 Å². The quantitative estimate of drug-likeness (QED) is 0.348. The molecule has 10 heteroatoms. The first-order valence-electron chi connectivity index (χ1n) is 11.6. The SMILES string of the molecule is O=C(NC(c1ccccc1)c1ccccc1)OC1CCN(Cc2ccc([N+](=O)[O-])c([N+](=O)[O-])c2)CC1. The van der Waals surface area contributed by atoms with E-state index in [2.05, 4.69) is 10.2 Å². The summed E-state index contributed by atoms with van der Waals surface area (Å²) in [4.78, 5) is 35.6. The monoisotopic (exact) mass is 490 g/mol. The summed E-state index contributed by atoms with van der Waals surface area (Å²) in [6, 6.07) is 23.0. The van der Waals surface area contributed by atoms with E-state index in [1.807, 2.05) is 60.7 Å². The predicted octanol–water partition coefficient (Wildman–Crippen LogP) is 4.98. The van der Waals surface area contributed by atoms with Crippen molar-refractivity contribution in [1.82, 2.24) is 10.2 Å². The molecule has 4 rings (SSSR count). The Labute approximate surface area is 207 Å². The topological polar surface area (TPSA) is 128 Å². The van der Waals surface area contributed by atoms with Crippen LogP contribution in [0.25, 0.3) is 0 Å². The summed E-state index contributed by atoms with van der Waals surface area (Å²) in [7, 11) is 0. The van der Waals surface area contributed by atoms with Crippen LogP contribution in [0.1, 0.15) is 35.6 Å². The molecule has 1 aliphatic rings. The number of ether oxygens (including phenoxy) is 1. The lowest BCUT2D eigenvalue weighted by Gasteiger charge is -2.32. The standard InChI is InChI=1S/C26H26N4O6/c31-26(27-25(20-7-3-1-4-8-20)21-9-5-2-6-10-21)36-22-13-15-28(16-14-22)18-19-11-12-23(29(32)33)24(17-19)30(34)35/h1-12,17,22,25H,13-16,18H2,(H,27,31). The number of likely N-dealkylation sites (tertiary alicyclic amines) is 1. The zero-order chi connectivity index (χ0) is 25.5. The second kappa shape index (κ2) is 11.4. The smallest absolute Gasteiger partial charge is 0.408 e. The van der Waals surface area contributed by atoms with Crippen molar-refractivity contribution in [2.45, 2.75) is 31.5 Å². The highest BCUT2D eigenvalue weighted by molar-refractivity contribution is 5.69. The second-order valence-electron chi connectivity index (χ2n) is 8.62. The van der Waals surface area contributed by atoms with Gasteiger partial charge in [0, 0.05) is 31.8 Å². The molecule has 3 aromatic rings. The molecule has 10 nitrogen and oxygen atoms in total. The molecule has 0 unspecified atom stereocenters. The van der Waals surface area contributed by atoms with Crippen LogP contribution in [0.2, 0.25) is 0 Å². The number of amides is 1. The zero-order valence-corrected chi connectivity index (χ0v) is 19.5. The van der Waals surface area contributed by atoms with Crippen LogP contribution in [0.15, 0.2) is 78.9 Å². The summed E-state index contributed by atoms with van der Waals surface area (Å²) in [5.74, 6) is 0. The fourth-order valence-electron chi connectivity index (χ4n) is 4.36. The highest BCUT2D eigenvalue weighted by atomic mass is 16.6. The number of nitrogens with one attached hydrogen (secondary N) is 1. The largest absolute Gasteiger partial charge is 0.446 e. The lowest BCUT2D eigenvalue weighted by Crippen LogP contribution is -2.40. The highest BCUT2D eigenvalue weighted by Crippen LogP contribution is 2.29. The molecule has 1 heterocycles. The first-order valence-corrected chi connectivity index (χ1v) is 11.6. The summed E-state index contributed by atoms with van der Waals surface area (Å²) in [6.07, 6.45) is 0.491. The minimum absolute atomic E-state index is 0.250. The second-order valence-corrected chi connectivity index (χ2v) is 8.62. The van der Waals surface area contributed by atoms with Crippen molar-refractivity contribution >= 4 is 17.5 Å². The minimum atomic E-state index is -0.754. The van der Waals surface area contributed by atoms with Gasteiger partial charge in [0.25, 0.3) is 0 Å². The summed E-state index contributed by atoms with van der Waals surface area (Å²) in [6.45, 7) is 1.68. The molecule has 0 saturated carbocycles. The third kappa shape index (κ3) is 6.22. The molecule has 0 radical (unpaired) electrons. The molecular weight excluding hydrogens is 464 g/mol. The normalized spacial score (nSPS) is 14.4. The van der Waals surface area contributed by atoms with Gasteiger partial charge in [0.2, 0.25) is 0 Å². The number of carbonyl (C=O) groups excluding carboxylic acids is 1. The van der Waals surface area contributed by atoms with Crippen molar-refractivity contribution in [3.05, 3.63) is 116 Å². The summed E-state index contributed by atoms with van der Waals surface area (Å²) < 4.78 is 5.72. The van der Waals surface area contributed by atoms with Gasteiger partial charge in [-0.25, -0.2) is 4.79 Å². The van der Waals surface area contributed by atoms with Crippen LogP contribution in [0, 0.1) is 20.2 Å². The number of rotatable bonds is 8. The van der Waals surface area contributed by atoms with Gasteiger partial charge < -0.3 is 10.1 Å². The van der Waals surface area contributed by atoms with Gasteiger partial charge in [0.15, 0.2) is 0 Å². The number of carbonyl (C=O) groups is 1. The van der Waals surface area contributed by atoms with E-state index in [0.717, 1.165) is 11.1 Å². The van der Waals surface area contributed by atoms with Gasteiger partial charge in [-0.3, -0.25) is 25.1 Å². The van der Waals surface area contributed by atoms with Crippen molar-refractivity contribution in [2.24, 2.45) is 0 Å². The molecule has 1 fully saturated rings. The first-order chi connectivity index (χ1) is 17.4. The molecule has 186 valence electrons. The molecule has 3 aromatic carbocycles. The van der Waals surface area contributed by atoms with Crippen LogP contribution < -0.4 is 5.32 Å². The molecular formula is C26H26N4O6. The molecule has 1 saturated heterocycles. The number of nitro benzene ring substituents is 2. The lowest BCUT2D eigenvalue weighted by atomic mass is 9.99. The van der Waals surface area contributed by atoms with Crippen molar-refractivity contribution in [2.75, 3.05) is 13.1 Å². The van der Waals surface area contributed by atoms with Gasteiger partial charge >= 0.3 is 17.5 Å². The Balaban J connectivity index is 1.33. The van der Waals surface area contributed by atoms with Crippen molar-refractivity contribution < 1.29 is 19.4 Å². The molecule has 1 N–H and O–H groups in total. The Kier molecular flexibility index (Phi) is 7.86. The van der Waals surface area contributed by atoms with Crippen LogP contribution in [-0.4, -0.2) is 40.0 Å². The third-order valence-corrected chi connectivity index (χ3v) is 6.18. The van der Waals surface area contributed by atoms with E-state index in [4.69, 9.17) is 4.74 Å². The average Bonchev–Trinajstić information content (AvgIpc) is 2.89. The Hall–Kier alpha value is -4.31. The Morgan fingerprint density at radius 2 is 1.44 bits per heavy atom. The van der Waals surface area contributed by atoms with Gasteiger partial charge in [0.1, 0.15) is 6.10 Å². The van der Waals surface area contributed by atoms with Crippen LogP contribution in [-0.2, 0) is 11.3 Å². The molecule has 0 atom stereocenters. The predicted molar refractivity (Wildman–Crippen MR) is 132 cm³/mol. The fourth-order valence-corrected chi connectivity index (χ4v) is 4.36. The number of hydrogen-bond acceptors (Lipinski definition) is 7. The number of piperidine rings is 1. The van der Waals surface area contributed by atoms with Crippen LogP contribution in [0.4, 0.5) is 16.2 Å². The van der Waals surface area contributed by atoms with E-state index >= 15 is 0 Å². The van der Waals surface area contributed by atoms with E-state index in [1.54, 1.807) is 0 Å². The molecule has 0 aromatic heterocycles. The van der Waals surface area contributed by atoms with Gasteiger partial charge in [-0.15, -0.1) is 0 Å². The van der Waals surface area contributed by atoms with E-state index in [9.17, 15) is 25.0 Å². The molecule has 0 aliphatic carbocycles.